The van der Waals surface area contributed by atoms with E-state index in [0.29, 0.717) is 0 Å². The average Bonchev–Trinajstić information content (AvgIpc) is 2.16. The summed E-state index contributed by atoms with van der Waals surface area (Å²) in [5.74, 6) is -0.291. The molecule has 0 amide bonds. The van der Waals surface area contributed by atoms with Gasteiger partial charge in [0.05, 0.1) is 12.1 Å². The summed E-state index contributed by atoms with van der Waals surface area (Å²) >= 11 is 5.77. The van der Waals surface area contributed by atoms with E-state index in [4.69, 9.17) is 16.3 Å². The minimum atomic E-state index is -2.73. The number of carbonyl (C=O) groups excluding carboxylic acids is 1. The summed E-state index contributed by atoms with van der Waals surface area (Å²) < 4.78 is 29.9. The molecule has 0 unspecified atom stereocenters. The summed E-state index contributed by atoms with van der Waals surface area (Å²) in [6, 6.07) is 2.46. The van der Waals surface area contributed by atoms with Crippen LogP contribution in [0.15, 0.2) is 12.1 Å². The molecule has 5 heteroatoms. The molecule has 0 atom stereocenters. The number of carbonyl (C=O) groups is 1. The van der Waals surface area contributed by atoms with Crippen molar-refractivity contribution in [1.82, 2.24) is 0 Å². The van der Waals surface area contributed by atoms with E-state index in [0.717, 1.165) is 6.07 Å². The zero-order valence-corrected chi connectivity index (χ0v) is 8.94. The predicted molar refractivity (Wildman–Crippen MR) is 53.0 cm³/mol. The number of ketones is 1. The zero-order valence-electron chi connectivity index (χ0n) is 8.18. The zero-order chi connectivity index (χ0) is 11.6. The van der Waals surface area contributed by atoms with Crippen LogP contribution >= 0.6 is 11.6 Å². The van der Waals surface area contributed by atoms with E-state index in [1.165, 1.54) is 20.1 Å². The van der Waals surface area contributed by atoms with E-state index in [-0.39, 0.29) is 21.9 Å². The molecule has 0 heterocycles. The number of hydrogen-bond donors (Lipinski definition) is 0. The summed E-state index contributed by atoms with van der Waals surface area (Å²) in [5, 5.41) is -0.0669. The molecule has 0 spiro atoms. The van der Waals surface area contributed by atoms with Crippen molar-refractivity contribution in [2.75, 3.05) is 7.11 Å². The van der Waals surface area contributed by atoms with Crippen LogP contribution in [-0.4, -0.2) is 12.9 Å². The molecule has 1 aromatic carbocycles. The molecular formula is C10H9ClF2O2. The molecule has 0 fully saturated rings. The molecule has 2 nitrogen and oxygen atoms in total. The summed E-state index contributed by atoms with van der Waals surface area (Å²) in [5.41, 5.74) is -0.542. The quantitative estimate of drug-likeness (QED) is 0.749. The van der Waals surface area contributed by atoms with E-state index in [2.05, 4.69) is 0 Å². The largest absolute Gasteiger partial charge is 0.495 e. The summed E-state index contributed by atoms with van der Waals surface area (Å²) in [7, 11) is 1.35. The highest BCUT2D eigenvalue weighted by Gasteiger charge is 2.21. The molecule has 0 aliphatic carbocycles. The van der Waals surface area contributed by atoms with Crippen molar-refractivity contribution in [2.45, 2.75) is 13.3 Å². The lowest BCUT2D eigenvalue weighted by molar-refractivity contribution is 0.0998. The van der Waals surface area contributed by atoms with Crippen molar-refractivity contribution in [2.24, 2.45) is 0 Å². The van der Waals surface area contributed by atoms with Crippen LogP contribution in [-0.2, 0) is 0 Å². The van der Waals surface area contributed by atoms with Gasteiger partial charge in [0.25, 0.3) is 6.43 Å². The summed E-state index contributed by atoms with van der Waals surface area (Å²) in [6.45, 7) is 1.19. The number of hydrogen-bond acceptors (Lipinski definition) is 2. The van der Waals surface area contributed by atoms with Gasteiger partial charge in [-0.25, -0.2) is 8.78 Å². The molecule has 0 aliphatic rings. The van der Waals surface area contributed by atoms with E-state index in [1.54, 1.807) is 0 Å². The third kappa shape index (κ3) is 2.26. The molecule has 0 radical (unpaired) electrons. The Balaban J connectivity index is 3.44. The van der Waals surface area contributed by atoms with Crippen molar-refractivity contribution in [3.8, 4) is 5.75 Å². The van der Waals surface area contributed by atoms with Crippen LogP contribution in [0, 0.1) is 0 Å². The Morgan fingerprint density at radius 1 is 1.47 bits per heavy atom. The van der Waals surface area contributed by atoms with Gasteiger partial charge in [-0.3, -0.25) is 4.79 Å². The molecule has 0 saturated heterocycles. The van der Waals surface area contributed by atoms with Gasteiger partial charge in [-0.2, -0.15) is 0 Å². The topological polar surface area (TPSA) is 26.3 Å². The van der Waals surface area contributed by atoms with E-state index in [1.807, 2.05) is 0 Å². The maximum atomic E-state index is 12.6. The molecular weight excluding hydrogens is 226 g/mol. The second-order valence-electron chi connectivity index (χ2n) is 2.90. The van der Waals surface area contributed by atoms with E-state index in [9.17, 15) is 13.6 Å². The van der Waals surface area contributed by atoms with E-state index >= 15 is 0 Å². The first-order valence-electron chi connectivity index (χ1n) is 4.14. The Bertz CT molecular complexity index is 391. The Morgan fingerprint density at radius 2 is 2.07 bits per heavy atom. The molecule has 15 heavy (non-hydrogen) atoms. The molecule has 0 bridgehead atoms. The van der Waals surface area contributed by atoms with Crippen molar-refractivity contribution >= 4 is 17.4 Å². The first kappa shape index (κ1) is 11.9. The van der Waals surface area contributed by atoms with Gasteiger partial charge in [0.2, 0.25) is 0 Å². The van der Waals surface area contributed by atoms with E-state index < -0.39 is 12.2 Å². The number of benzene rings is 1. The molecule has 1 rings (SSSR count). The van der Waals surface area contributed by atoms with Crippen LogP contribution in [0.3, 0.4) is 0 Å². The number of rotatable bonds is 3. The van der Waals surface area contributed by atoms with Gasteiger partial charge < -0.3 is 4.74 Å². The highest BCUT2D eigenvalue weighted by Crippen LogP contribution is 2.35. The highest BCUT2D eigenvalue weighted by molar-refractivity contribution is 6.35. The van der Waals surface area contributed by atoms with Gasteiger partial charge in [0, 0.05) is 11.1 Å². The fourth-order valence-corrected chi connectivity index (χ4v) is 1.65. The first-order chi connectivity index (χ1) is 6.99. The Morgan fingerprint density at radius 3 is 2.47 bits per heavy atom. The number of Topliss-reactive ketones (excluding diaryl/α,β-unsaturated/α-hetero) is 1. The lowest BCUT2D eigenvalue weighted by Gasteiger charge is -2.11. The molecule has 82 valence electrons. The van der Waals surface area contributed by atoms with Crippen LogP contribution in [0.2, 0.25) is 5.02 Å². The van der Waals surface area contributed by atoms with Gasteiger partial charge in [0.15, 0.2) is 5.78 Å². The van der Waals surface area contributed by atoms with Crippen molar-refractivity contribution in [3.05, 3.63) is 28.3 Å². The second-order valence-corrected chi connectivity index (χ2v) is 3.28. The van der Waals surface area contributed by atoms with Crippen molar-refractivity contribution in [1.29, 1.82) is 0 Å². The maximum Gasteiger partial charge on any atom is 0.264 e. The highest BCUT2D eigenvalue weighted by atomic mass is 35.5. The first-order valence-corrected chi connectivity index (χ1v) is 4.52. The number of methoxy groups -OCH3 is 1. The van der Waals surface area contributed by atoms with Crippen molar-refractivity contribution in [3.63, 3.8) is 0 Å². The maximum absolute atomic E-state index is 12.6. The molecule has 0 aliphatic heterocycles. The summed E-state index contributed by atoms with van der Waals surface area (Å²) in [4.78, 5) is 11.2. The van der Waals surface area contributed by atoms with Gasteiger partial charge in [-0.1, -0.05) is 11.6 Å². The predicted octanol–water partition coefficient (Wildman–Crippen LogP) is 3.49. The number of ether oxygens (including phenoxy) is 1. The van der Waals surface area contributed by atoms with Gasteiger partial charge >= 0.3 is 0 Å². The molecule has 1 aromatic rings. The fourth-order valence-electron chi connectivity index (χ4n) is 1.27. The Labute approximate surface area is 90.8 Å². The van der Waals surface area contributed by atoms with Gasteiger partial charge in [0.1, 0.15) is 5.75 Å². The van der Waals surface area contributed by atoms with Gasteiger partial charge in [-0.05, 0) is 19.1 Å². The van der Waals surface area contributed by atoms with Gasteiger partial charge in [-0.15, -0.1) is 0 Å². The Kier molecular flexibility index (Phi) is 3.63. The average molecular weight is 235 g/mol. The standard InChI is InChI=1S/C10H9ClF2O2/c1-5(14)8-6(10(12)13)3-4-7(15-2)9(8)11/h3-4,10H,1-2H3. The second kappa shape index (κ2) is 4.57. The molecule has 0 N–H and O–H groups in total. The molecule has 0 saturated carbocycles. The van der Waals surface area contributed by atoms with Crippen LogP contribution in [0.25, 0.3) is 0 Å². The minimum absolute atomic E-state index is 0.0669. The summed E-state index contributed by atoms with van der Waals surface area (Å²) in [6.07, 6.45) is -2.73. The minimum Gasteiger partial charge on any atom is -0.495 e. The normalized spacial score (nSPS) is 10.5. The van der Waals surface area contributed by atoms with Crippen LogP contribution < -0.4 is 4.74 Å². The Hall–Kier alpha value is -1.16. The van der Waals surface area contributed by atoms with Crippen LogP contribution in [0.1, 0.15) is 29.3 Å². The lowest BCUT2D eigenvalue weighted by Crippen LogP contribution is -2.02. The monoisotopic (exact) mass is 234 g/mol. The van der Waals surface area contributed by atoms with Crippen LogP contribution in [0.5, 0.6) is 5.75 Å². The third-order valence-electron chi connectivity index (χ3n) is 1.95. The SMILES string of the molecule is COc1ccc(C(F)F)c(C(C)=O)c1Cl. The fraction of sp³-hybridized carbons (Fsp3) is 0.300. The molecule has 0 aromatic heterocycles. The number of alkyl halides is 2. The smallest absolute Gasteiger partial charge is 0.264 e. The lowest BCUT2D eigenvalue weighted by atomic mass is 10.0. The third-order valence-corrected chi connectivity index (χ3v) is 2.32. The number of halogens is 3. The van der Waals surface area contributed by atoms with Crippen molar-refractivity contribution < 1.29 is 18.3 Å². The van der Waals surface area contributed by atoms with Crippen LogP contribution in [0.4, 0.5) is 8.78 Å².